The Hall–Kier alpha value is -1.58. The molecule has 1 aromatic heterocycles. The third-order valence-corrected chi connectivity index (χ3v) is 1.36. The third-order valence-electron chi connectivity index (χ3n) is 1.36. The highest BCUT2D eigenvalue weighted by molar-refractivity contribution is 5.63. The first kappa shape index (κ1) is 8.52. The van der Waals surface area contributed by atoms with Crippen LogP contribution >= 0.6 is 0 Å². The molecule has 1 rings (SSSR count). The van der Waals surface area contributed by atoms with Crippen molar-refractivity contribution in [2.75, 3.05) is 11.1 Å². The van der Waals surface area contributed by atoms with Crippen LogP contribution in [0.15, 0.2) is 18.3 Å². The molecule has 0 amide bonds. The van der Waals surface area contributed by atoms with Crippen LogP contribution in [0.25, 0.3) is 0 Å². The standard InChI is InChI=1S/C8H11N3O/c1-6(5-12)11-8-4-7(9)2-3-10-8/h2-6H,1H3,(H3,9,10,11)/t6-/m0/s1. The van der Waals surface area contributed by atoms with E-state index in [-0.39, 0.29) is 6.04 Å². The number of hydrogen-bond acceptors (Lipinski definition) is 4. The van der Waals surface area contributed by atoms with E-state index >= 15 is 0 Å². The van der Waals surface area contributed by atoms with Crippen LogP contribution in [0.1, 0.15) is 6.92 Å². The predicted molar refractivity (Wildman–Crippen MR) is 47.8 cm³/mol. The molecule has 3 N–H and O–H groups in total. The van der Waals surface area contributed by atoms with Crippen LogP contribution in [0.2, 0.25) is 0 Å². The molecule has 0 spiro atoms. The number of carbonyl (C=O) groups is 1. The van der Waals surface area contributed by atoms with Gasteiger partial charge in [0.1, 0.15) is 12.1 Å². The lowest BCUT2D eigenvalue weighted by Gasteiger charge is -2.07. The minimum atomic E-state index is -0.237. The van der Waals surface area contributed by atoms with Crippen LogP contribution in [-0.4, -0.2) is 17.3 Å². The van der Waals surface area contributed by atoms with Crippen molar-refractivity contribution in [1.29, 1.82) is 0 Å². The number of anilines is 2. The minimum Gasteiger partial charge on any atom is -0.399 e. The van der Waals surface area contributed by atoms with Crippen molar-refractivity contribution in [2.45, 2.75) is 13.0 Å². The minimum absolute atomic E-state index is 0.237. The van der Waals surface area contributed by atoms with E-state index in [2.05, 4.69) is 10.3 Å². The second-order valence-electron chi connectivity index (χ2n) is 2.54. The Bertz CT molecular complexity index is 275. The fourth-order valence-electron chi connectivity index (χ4n) is 0.793. The molecule has 0 aliphatic carbocycles. The fraction of sp³-hybridized carbons (Fsp3) is 0.250. The van der Waals surface area contributed by atoms with E-state index in [1.807, 2.05) is 0 Å². The molecule has 0 unspecified atom stereocenters. The highest BCUT2D eigenvalue weighted by Gasteiger charge is 1.99. The van der Waals surface area contributed by atoms with Crippen molar-refractivity contribution in [2.24, 2.45) is 0 Å². The highest BCUT2D eigenvalue weighted by Crippen LogP contribution is 2.08. The monoisotopic (exact) mass is 165 g/mol. The van der Waals surface area contributed by atoms with Crippen molar-refractivity contribution >= 4 is 17.8 Å². The van der Waals surface area contributed by atoms with Gasteiger partial charge in [-0.25, -0.2) is 4.98 Å². The Morgan fingerprint density at radius 2 is 2.50 bits per heavy atom. The van der Waals surface area contributed by atoms with Gasteiger partial charge in [0, 0.05) is 18.0 Å². The zero-order valence-electron chi connectivity index (χ0n) is 6.82. The van der Waals surface area contributed by atoms with Gasteiger partial charge in [0.05, 0.1) is 6.04 Å². The number of nitrogens with one attached hydrogen (secondary N) is 1. The lowest BCUT2D eigenvalue weighted by atomic mass is 10.3. The molecule has 0 aliphatic heterocycles. The Morgan fingerprint density at radius 1 is 1.75 bits per heavy atom. The third kappa shape index (κ3) is 2.23. The van der Waals surface area contributed by atoms with Crippen molar-refractivity contribution in [3.05, 3.63) is 18.3 Å². The number of nitrogen functional groups attached to an aromatic ring is 1. The van der Waals surface area contributed by atoms with E-state index in [9.17, 15) is 4.79 Å². The first-order valence-corrected chi connectivity index (χ1v) is 3.65. The molecule has 1 heterocycles. The number of nitrogens with zero attached hydrogens (tertiary/aromatic N) is 1. The van der Waals surface area contributed by atoms with E-state index in [0.29, 0.717) is 11.5 Å². The van der Waals surface area contributed by atoms with Gasteiger partial charge in [-0.1, -0.05) is 0 Å². The molecule has 4 nitrogen and oxygen atoms in total. The lowest BCUT2D eigenvalue weighted by molar-refractivity contribution is -0.108. The molecule has 0 saturated heterocycles. The van der Waals surface area contributed by atoms with Gasteiger partial charge in [0.2, 0.25) is 0 Å². The first-order valence-electron chi connectivity index (χ1n) is 3.65. The zero-order chi connectivity index (χ0) is 8.97. The zero-order valence-corrected chi connectivity index (χ0v) is 6.82. The van der Waals surface area contributed by atoms with Crippen molar-refractivity contribution < 1.29 is 4.79 Å². The molecular formula is C8H11N3O. The molecule has 0 bridgehead atoms. The Kier molecular flexibility index (Phi) is 2.63. The van der Waals surface area contributed by atoms with Gasteiger partial charge in [-0.05, 0) is 13.0 Å². The number of aromatic nitrogens is 1. The van der Waals surface area contributed by atoms with Crippen LogP contribution in [0.5, 0.6) is 0 Å². The van der Waals surface area contributed by atoms with Gasteiger partial charge in [0.15, 0.2) is 0 Å². The number of carbonyl (C=O) groups excluding carboxylic acids is 1. The van der Waals surface area contributed by atoms with Gasteiger partial charge >= 0.3 is 0 Å². The Morgan fingerprint density at radius 3 is 3.08 bits per heavy atom. The van der Waals surface area contributed by atoms with Crippen LogP contribution in [-0.2, 0) is 4.79 Å². The molecular weight excluding hydrogens is 154 g/mol. The average molecular weight is 165 g/mol. The molecule has 4 heteroatoms. The van der Waals surface area contributed by atoms with E-state index in [0.717, 1.165) is 6.29 Å². The molecule has 0 aromatic carbocycles. The summed E-state index contributed by atoms with van der Waals surface area (Å²) in [5.74, 6) is 0.620. The van der Waals surface area contributed by atoms with Gasteiger partial charge in [-0.2, -0.15) is 0 Å². The molecule has 0 saturated carbocycles. The van der Waals surface area contributed by atoms with Gasteiger partial charge in [-0.15, -0.1) is 0 Å². The summed E-state index contributed by atoms with van der Waals surface area (Å²) in [5, 5.41) is 2.87. The number of hydrogen-bond donors (Lipinski definition) is 2. The van der Waals surface area contributed by atoms with E-state index in [1.54, 1.807) is 25.3 Å². The number of nitrogens with two attached hydrogens (primary N) is 1. The summed E-state index contributed by atoms with van der Waals surface area (Å²) >= 11 is 0. The van der Waals surface area contributed by atoms with E-state index in [1.165, 1.54) is 0 Å². The van der Waals surface area contributed by atoms with Gasteiger partial charge < -0.3 is 15.8 Å². The molecule has 1 aromatic rings. The predicted octanol–water partition coefficient (Wildman–Crippen LogP) is 0.663. The summed E-state index contributed by atoms with van der Waals surface area (Å²) in [5.41, 5.74) is 6.14. The lowest BCUT2D eigenvalue weighted by Crippen LogP contribution is -2.16. The average Bonchev–Trinajstić information content (AvgIpc) is 2.04. The topological polar surface area (TPSA) is 68.0 Å². The summed E-state index contributed by atoms with van der Waals surface area (Å²) < 4.78 is 0. The maximum absolute atomic E-state index is 10.3. The Balaban J connectivity index is 2.69. The van der Waals surface area contributed by atoms with Crippen molar-refractivity contribution in [3.8, 4) is 0 Å². The second-order valence-corrected chi connectivity index (χ2v) is 2.54. The maximum Gasteiger partial charge on any atom is 0.141 e. The van der Waals surface area contributed by atoms with Crippen LogP contribution in [0, 0.1) is 0 Å². The van der Waals surface area contributed by atoms with E-state index in [4.69, 9.17) is 5.73 Å². The maximum atomic E-state index is 10.3. The van der Waals surface area contributed by atoms with Crippen molar-refractivity contribution in [3.63, 3.8) is 0 Å². The Labute approximate surface area is 70.8 Å². The first-order chi connectivity index (χ1) is 5.72. The molecule has 64 valence electrons. The highest BCUT2D eigenvalue weighted by atomic mass is 16.1. The second kappa shape index (κ2) is 3.71. The summed E-state index contributed by atoms with van der Waals surface area (Å²) in [4.78, 5) is 14.3. The normalized spacial score (nSPS) is 12.1. The van der Waals surface area contributed by atoms with Crippen LogP contribution in [0.4, 0.5) is 11.5 Å². The fourth-order valence-corrected chi connectivity index (χ4v) is 0.793. The smallest absolute Gasteiger partial charge is 0.141 e. The summed E-state index contributed by atoms with van der Waals surface area (Å²) in [7, 11) is 0. The molecule has 0 aliphatic rings. The van der Waals surface area contributed by atoms with Gasteiger partial charge in [-0.3, -0.25) is 0 Å². The van der Waals surface area contributed by atoms with Crippen LogP contribution < -0.4 is 11.1 Å². The quantitative estimate of drug-likeness (QED) is 0.646. The molecule has 1 atom stereocenters. The molecule has 0 fully saturated rings. The SMILES string of the molecule is C[C@@H](C=O)Nc1cc(N)ccn1. The number of pyridine rings is 1. The largest absolute Gasteiger partial charge is 0.399 e. The van der Waals surface area contributed by atoms with E-state index < -0.39 is 0 Å². The van der Waals surface area contributed by atoms with Crippen LogP contribution in [0.3, 0.4) is 0 Å². The number of rotatable bonds is 3. The summed E-state index contributed by atoms with van der Waals surface area (Å²) in [6, 6.07) is 3.14. The number of aldehydes is 1. The molecule has 0 radical (unpaired) electrons. The summed E-state index contributed by atoms with van der Waals surface area (Å²) in [6.45, 7) is 1.75. The molecule has 12 heavy (non-hydrogen) atoms. The summed E-state index contributed by atoms with van der Waals surface area (Å²) in [6.07, 6.45) is 2.40. The van der Waals surface area contributed by atoms with Gasteiger partial charge in [0.25, 0.3) is 0 Å². The van der Waals surface area contributed by atoms with Crippen molar-refractivity contribution in [1.82, 2.24) is 4.98 Å².